The van der Waals surface area contributed by atoms with Crippen LogP contribution in [-0.4, -0.2) is 34.0 Å². The first kappa shape index (κ1) is 37.3. The molecule has 4 aromatic carbocycles. The minimum atomic E-state index is -0.986. The van der Waals surface area contributed by atoms with E-state index in [0.29, 0.717) is 57.8 Å². The third kappa shape index (κ3) is 8.37. The molecule has 10 heteroatoms. The molecular weight excluding hydrogens is 637 g/mol. The van der Waals surface area contributed by atoms with Crippen molar-refractivity contribution in [3.05, 3.63) is 119 Å². The highest BCUT2D eigenvalue weighted by Gasteiger charge is 2.40. The topological polar surface area (TPSA) is 112 Å². The van der Waals surface area contributed by atoms with Gasteiger partial charge in [0.2, 0.25) is 5.91 Å². The summed E-state index contributed by atoms with van der Waals surface area (Å²) >= 11 is 0. The summed E-state index contributed by atoms with van der Waals surface area (Å²) in [6.07, 6.45) is 1.36. The van der Waals surface area contributed by atoms with E-state index in [-0.39, 0.29) is 29.9 Å². The quantitative estimate of drug-likeness (QED) is 0.144. The number of anilines is 3. The number of hydrogen-bond donors (Lipinski definition) is 2. The van der Waals surface area contributed by atoms with Gasteiger partial charge in [-0.3, -0.25) is 9.69 Å². The van der Waals surface area contributed by atoms with E-state index in [1.165, 1.54) is 6.07 Å². The number of halogens is 1. The molecule has 5 rings (SSSR count). The summed E-state index contributed by atoms with van der Waals surface area (Å²) in [5.74, 6) is 1.02. The number of nitrogen functional groups attached to an aromatic ring is 1. The third-order valence-electron chi connectivity index (χ3n) is 8.86. The van der Waals surface area contributed by atoms with E-state index < -0.39 is 11.9 Å². The number of carbonyl (C=O) groups is 2. The Morgan fingerprint density at radius 1 is 0.920 bits per heavy atom. The maximum Gasteiger partial charge on any atom is 0.232 e. The van der Waals surface area contributed by atoms with Crippen molar-refractivity contribution in [3.8, 4) is 17.2 Å². The van der Waals surface area contributed by atoms with Gasteiger partial charge in [0.05, 0.1) is 50.5 Å². The molecule has 3 N–H and O–H groups in total. The van der Waals surface area contributed by atoms with Crippen molar-refractivity contribution in [2.45, 2.75) is 52.7 Å². The second-order valence-electron chi connectivity index (χ2n) is 12.6. The van der Waals surface area contributed by atoms with Crippen molar-refractivity contribution in [1.82, 2.24) is 0 Å². The first-order chi connectivity index (χ1) is 24.1. The lowest BCUT2D eigenvalue weighted by molar-refractivity contribution is -0.118. The summed E-state index contributed by atoms with van der Waals surface area (Å²) in [4.78, 5) is 24.3. The Morgan fingerprint density at radius 3 is 2.28 bits per heavy atom. The zero-order valence-corrected chi connectivity index (χ0v) is 29.5. The van der Waals surface area contributed by atoms with Gasteiger partial charge in [-0.2, -0.15) is 0 Å². The Labute approximate surface area is 293 Å². The number of para-hydroxylation sites is 1. The van der Waals surface area contributed by atoms with Crippen LogP contribution >= 0.6 is 0 Å². The number of fused-ring (bicyclic) bond motifs is 1. The van der Waals surface area contributed by atoms with E-state index in [2.05, 4.69) is 26.1 Å². The van der Waals surface area contributed by atoms with Crippen molar-refractivity contribution in [2.75, 3.05) is 37.3 Å². The van der Waals surface area contributed by atoms with E-state index in [0.717, 1.165) is 12.0 Å². The third-order valence-corrected chi connectivity index (χ3v) is 8.86. The standard InChI is InChI=1S/C39H44FN3O5.CH2O/c1-7-39(2,3)23-32-38(47-6)37(29-18-16-28(22-30(29)40)48-24-25-12-9-8-10-13-25)43(33-15-11-14-31(41)36(33)42-32)35(44)21-26-20-27(45-4)17-19-34(26)46-5;1-2/h8-20,22,37,42H,7,21,23-24,41H2,1-6H3;1H2. The molecule has 0 spiro atoms. The van der Waals surface area contributed by atoms with Gasteiger partial charge in [0.1, 0.15) is 48.3 Å². The van der Waals surface area contributed by atoms with Crippen LogP contribution in [0.15, 0.2) is 96.4 Å². The van der Waals surface area contributed by atoms with Gasteiger partial charge >= 0.3 is 0 Å². The van der Waals surface area contributed by atoms with Crippen molar-refractivity contribution in [1.29, 1.82) is 0 Å². The second kappa shape index (κ2) is 16.7. The summed E-state index contributed by atoms with van der Waals surface area (Å²) in [5, 5.41) is 3.52. The van der Waals surface area contributed by atoms with Gasteiger partial charge in [-0.25, -0.2) is 4.39 Å². The van der Waals surface area contributed by atoms with Crippen LogP contribution in [-0.2, 0) is 27.4 Å². The fourth-order valence-electron chi connectivity index (χ4n) is 5.89. The predicted molar refractivity (Wildman–Crippen MR) is 195 cm³/mol. The number of carbonyl (C=O) groups excluding carboxylic acids is 2. The maximum absolute atomic E-state index is 16.5. The van der Waals surface area contributed by atoms with Crippen LogP contribution in [0.1, 0.15) is 56.3 Å². The molecule has 0 aromatic heterocycles. The SMILES string of the molecule is C=O.CCC(C)(C)CC1=C(OC)C(c2ccc(OCc3ccccc3)cc2F)N(C(=O)Cc2cc(OC)ccc2OC)c2cccc(N)c2N1. The first-order valence-corrected chi connectivity index (χ1v) is 16.3. The summed E-state index contributed by atoms with van der Waals surface area (Å²) < 4.78 is 39.6. The van der Waals surface area contributed by atoms with Crippen molar-refractivity contribution >= 4 is 29.8 Å². The lowest BCUT2D eigenvalue weighted by atomic mass is 9.84. The zero-order chi connectivity index (χ0) is 36.4. The van der Waals surface area contributed by atoms with Crippen LogP contribution in [0.25, 0.3) is 0 Å². The van der Waals surface area contributed by atoms with E-state index >= 15 is 4.39 Å². The Hall–Kier alpha value is -5.51. The number of ether oxygens (including phenoxy) is 4. The molecule has 0 saturated heterocycles. The van der Waals surface area contributed by atoms with Crippen LogP contribution in [0.2, 0.25) is 0 Å². The molecule has 0 saturated carbocycles. The highest BCUT2D eigenvalue weighted by molar-refractivity contribution is 6.02. The minimum Gasteiger partial charge on any atom is -0.497 e. The van der Waals surface area contributed by atoms with Gasteiger partial charge in [-0.15, -0.1) is 0 Å². The molecule has 1 unspecified atom stereocenters. The molecule has 1 heterocycles. The zero-order valence-electron chi connectivity index (χ0n) is 29.5. The molecule has 1 amide bonds. The number of allylic oxidation sites excluding steroid dienone is 1. The van der Waals surface area contributed by atoms with Gasteiger partial charge in [0.25, 0.3) is 0 Å². The molecule has 50 heavy (non-hydrogen) atoms. The van der Waals surface area contributed by atoms with Crippen LogP contribution in [0.4, 0.5) is 21.5 Å². The summed E-state index contributed by atoms with van der Waals surface area (Å²) in [5.41, 5.74) is 10.4. The monoisotopic (exact) mass is 683 g/mol. The van der Waals surface area contributed by atoms with Crippen molar-refractivity contribution < 1.29 is 32.9 Å². The number of amides is 1. The lowest BCUT2D eigenvalue weighted by Crippen LogP contribution is -2.38. The number of rotatable bonds is 12. The van der Waals surface area contributed by atoms with Crippen molar-refractivity contribution in [2.24, 2.45) is 5.41 Å². The summed E-state index contributed by atoms with van der Waals surface area (Å²) in [6.45, 7) is 8.71. The molecule has 0 bridgehead atoms. The molecule has 264 valence electrons. The van der Waals surface area contributed by atoms with Crippen LogP contribution in [0.3, 0.4) is 0 Å². The summed E-state index contributed by atoms with van der Waals surface area (Å²) in [6, 6.07) is 24.1. The maximum atomic E-state index is 16.5. The normalized spacial score (nSPS) is 14.0. The average molecular weight is 684 g/mol. The van der Waals surface area contributed by atoms with Gasteiger partial charge < -0.3 is 34.8 Å². The van der Waals surface area contributed by atoms with E-state index in [1.807, 2.05) is 43.2 Å². The fraction of sp³-hybridized carbons (Fsp3) is 0.300. The highest BCUT2D eigenvalue weighted by Crippen LogP contribution is 2.47. The molecule has 0 radical (unpaired) electrons. The van der Waals surface area contributed by atoms with E-state index in [1.54, 1.807) is 68.7 Å². The van der Waals surface area contributed by atoms with Gasteiger partial charge in [0, 0.05) is 17.2 Å². The number of hydrogen-bond acceptors (Lipinski definition) is 8. The minimum absolute atomic E-state index is 0.0716. The van der Waals surface area contributed by atoms with E-state index in [9.17, 15) is 4.79 Å². The van der Waals surface area contributed by atoms with Crippen LogP contribution < -0.4 is 30.2 Å². The van der Waals surface area contributed by atoms with Crippen molar-refractivity contribution in [3.63, 3.8) is 0 Å². The number of benzene rings is 4. The number of nitrogens with two attached hydrogens (primary N) is 1. The number of nitrogens with zero attached hydrogens (tertiary/aromatic N) is 1. The Balaban J connectivity index is 0.00000276. The molecular formula is C40H46FN3O6. The number of methoxy groups -OCH3 is 3. The fourth-order valence-corrected chi connectivity index (χ4v) is 5.89. The van der Waals surface area contributed by atoms with E-state index in [4.69, 9.17) is 29.5 Å². The average Bonchev–Trinajstić information content (AvgIpc) is 3.26. The molecule has 0 aliphatic carbocycles. The predicted octanol–water partition coefficient (Wildman–Crippen LogP) is 8.25. The molecule has 1 aliphatic heterocycles. The van der Waals surface area contributed by atoms with Gasteiger partial charge in [-0.05, 0) is 59.9 Å². The Morgan fingerprint density at radius 2 is 1.64 bits per heavy atom. The largest absolute Gasteiger partial charge is 0.497 e. The first-order valence-electron chi connectivity index (χ1n) is 16.3. The molecule has 1 aliphatic rings. The molecule has 9 nitrogen and oxygen atoms in total. The van der Waals surface area contributed by atoms with Crippen LogP contribution in [0.5, 0.6) is 17.2 Å². The second-order valence-corrected chi connectivity index (χ2v) is 12.6. The molecule has 1 atom stereocenters. The Bertz CT molecular complexity index is 1810. The molecule has 4 aromatic rings. The lowest BCUT2D eigenvalue weighted by Gasteiger charge is -2.33. The molecule has 0 fully saturated rings. The van der Waals surface area contributed by atoms with Crippen LogP contribution in [0, 0.1) is 11.2 Å². The highest BCUT2D eigenvalue weighted by atomic mass is 19.1. The number of nitrogens with one attached hydrogen (secondary N) is 1. The Kier molecular flexibility index (Phi) is 12.5. The van der Waals surface area contributed by atoms with Gasteiger partial charge in [0.15, 0.2) is 0 Å². The smallest absolute Gasteiger partial charge is 0.232 e. The summed E-state index contributed by atoms with van der Waals surface area (Å²) in [7, 11) is 4.66. The van der Waals surface area contributed by atoms with Gasteiger partial charge in [-0.1, -0.05) is 63.6 Å².